The molecule has 2 N–H and O–H groups in total. The predicted molar refractivity (Wildman–Crippen MR) is 106 cm³/mol. The van der Waals surface area contributed by atoms with E-state index in [-0.39, 0.29) is 23.9 Å². The first-order valence-corrected chi connectivity index (χ1v) is 8.97. The summed E-state index contributed by atoms with van der Waals surface area (Å²) in [5.74, 6) is -0.386. The third kappa shape index (κ3) is 3.22. The van der Waals surface area contributed by atoms with Gasteiger partial charge in [0.15, 0.2) is 0 Å². The molecule has 4 rings (SSSR count). The smallest absolute Gasteiger partial charge is 0.252 e. The van der Waals surface area contributed by atoms with E-state index in [4.69, 9.17) is 0 Å². The van der Waals surface area contributed by atoms with E-state index >= 15 is 0 Å². The van der Waals surface area contributed by atoms with Gasteiger partial charge in [0.25, 0.3) is 5.91 Å². The van der Waals surface area contributed by atoms with Crippen molar-refractivity contribution in [3.05, 3.63) is 96.1 Å². The summed E-state index contributed by atoms with van der Waals surface area (Å²) >= 11 is 0. The molecule has 0 aromatic heterocycles. The van der Waals surface area contributed by atoms with Crippen molar-refractivity contribution in [1.82, 2.24) is 10.6 Å². The van der Waals surface area contributed by atoms with E-state index in [1.54, 1.807) is 0 Å². The molecule has 3 aromatic rings. The summed E-state index contributed by atoms with van der Waals surface area (Å²) in [6.45, 7) is 3.53. The fraction of sp³-hybridized carbons (Fsp3) is 0.130. The van der Waals surface area contributed by atoms with Gasteiger partial charge in [-0.05, 0) is 40.5 Å². The molecule has 0 saturated carbocycles. The first-order chi connectivity index (χ1) is 13.2. The van der Waals surface area contributed by atoms with E-state index in [1.807, 2.05) is 66.7 Å². The minimum Gasteiger partial charge on any atom is -0.347 e. The van der Waals surface area contributed by atoms with Gasteiger partial charge in [0.05, 0.1) is 12.1 Å². The quantitative estimate of drug-likeness (QED) is 0.703. The Morgan fingerprint density at radius 1 is 0.926 bits per heavy atom. The van der Waals surface area contributed by atoms with E-state index < -0.39 is 0 Å². The van der Waals surface area contributed by atoms with Crippen LogP contribution in [-0.4, -0.2) is 17.9 Å². The number of fused-ring (bicyclic) bond motifs is 2. The van der Waals surface area contributed by atoms with Gasteiger partial charge in [0.1, 0.15) is 0 Å². The Bertz CT molecular complexity index is 1040. The molecule has 2 atom stereocenters. The highest BCUT2D eigenvalue weighted by Gasteiger charge is 2.34. The fourth-order valence-electron chi connectivity index (χ4n) is 3.79. The van der Waals surface area contributed by atoms with Crippen molar-refractivity contribution < 1.29 is 9.59 Å². The van der Waals surface area contributed by atoms with Gasteiger partial charge in [-0.25, -0.2) is 0 Å². The van der Waals surface area contributed by atoms with Crippen molar-refractivity contribution in [3.63, 3.8) is 0 Å². The van der Waals surface area contributed by atoms with Crippen LogP contribution in [0.25, 0.3) is 10.8 Å². The summed E-state index contributed by atoms with van der Waals surface area (Å²) in [5, 5.41) is 8.02. The van der Waals surface area contributed by atoms with E-state index in [1.165, 1.54) is 6.08 Å². The molecule has 0 radical (unpaired) electrons. The van der Waals surface area contributed by atoms with Crippen LogP contribution >= 0.6 is 0 Å². The number of amides is 2. The zero-order valence-electron chi connectivity index (χ0n) is 14.8. The Hall–Kier alpha value is -3.40. The maximum absolute atomic E-state index is 13.0. The molecule has 4 heteroatoms. The van der Waals surface area contributed by atoms with Gasteiger partial charge < -0.3 is 10.6 Å². The van der Waals surface area contributed by atoms with Gasteiger partial charge in [-0.15, -0.1) is 0 Å². The van der Waals surface area contributed by atoms with Gasteiger partial charge in [-0.3, -0.25) is 9.59 Å². The van der Waals surface area contributed by atoms with Crippen LogP contribution in [0.4, 0.5) is 0 Å². The fourth-order valence-corrected chi connectivity index (χ4v) is 3.79. The van der Waals surface area contributed by atoms with Crippen LogP contribution < -0.4 is 10.6 Å². The molecular formula is C23H20N2O2. The maximum atomic E-state index is 13.0. The van der Waals surface area contributed by atoms with Crippen LogP contribution in [0.15, 0.2) is 79.4 Å². The van der Waals surface area contributed by atoms with Gasteiger partial charge >= 0.3 is 0 Å². The van der Waals surface area contributed by atoms with Crippen molar-refractivity contribution >= 4 is 22.6 Å². The van der Waals surface area contributed by atoms with Crippen LogP contribution in [0, 0.1) is 0 Å². The Balaban J connectivity index is 1.63. The highest BCUT2D eigenvalue weighted by Crippen LogP contribution is 2.32. The average molecular weight is 356 g/mol. The predicted octanol–water partition coefficient (Wildman–Crippen LogP) is 3.54. The van der Waals surface area contributed by atoms with Crippen LogP contribution in [0.5, 0.6) is 0 Å². The second-order valence-electron chi connectivity index (χ2n) is 6.70. The molecule has 0 bridgehead atoms. The lowest BCUT2D eigenvalue weighted by Crippen LogP contribution is -2.44. The minimum absolute atomic E-state index is 0.137. The highest BCUT2D eigenvalue weighted by atomic mass is 16.2. The lowest BCUT2D eigenvalue weighted by atomic mass is 10.0. The summed E-state index contributed by atoms with van der Waals surface area (Å²) in [5.41, 5.74) is 2.81. The number of benzene rings is 3. The van der Waals surface area contributed by atoms with Crippen molar-refractivity contribution in [3.8, 4) is 0 Å². The molecule has 134 valence electrons. The Labute approximate surface area is 157 Å². The standard InChI is InChI=1S/C23H20N2O2/c1-2-21(26)25-22-18-12-6-4-9-16(18)14-20(22)24-23(27)19-13-7-10-15-8-3-5-11-17(15)19/h2-13,20,22H,1,14H2,(H,24,27)(H,25,26)/t20-,22-/m1/s1. The van der Waals surface area contributed by atoms with Crippen molar-refractivity contribution in [1.29, 1.82) is 0 Å². The van der Waals surface area contributed by atoms with E-state index in [2.05, 4.69) is 17.2 Å². The molecule has 0 fully saturated rings. The van der Waals surface area contributed by atoms with Crippen molar-refractivity contribution in [2.24, 2.45) is 0 Å². The lowest BCUT2D eigenvalue weighted by molar-refractivity contribution is -0.117. The van der Waals surface area contributed by atoms with Gasteiger partial charge in [0.2, 0.25) is 5.91 Å². The first-order valence-electron chi connectivity index (χ1n) is 8.97. The summed E-state index contributed by atoms with van der Waals surface area (Å²) in [6, 6.07) is 21.0. The number of hydrogen-bond donors (Lipinski definition) is 2. The molecule has 0 unspecified atom stereocenters. The summed E-state index contributed by atoms with van der Waals surface area (Å²) in [6.07, 6.45) is 1.93. The first kappa shape index (κ1) is 17.0. The minimum atomic E-state index is -0.273. The Morgan fingerprint density at radius 3 is 2.52 bits per heavy atom. The summed E-state index contributed by atoms with van der Waals surface area (Å²) in [4.78, 5) is 24.9. The van der Waals surface area contributed by atoms with Crippen LogP contribution in [0.1, 0.15) is 27.5 Å². The van der Waals surface area contributed by atoms with E-state index in [9.17, 15) is 9.59 Å². The molecule has 27 heavy (non-hydrogen) atoms. The number of rotatable bonds is 4. The molecule has 3 aromatic carbocycles. The second-order valence-corrected chi connectivity index (χ2v) is 6.70. The molecular weight excluding hydrogens is 336 g/mol. The van der Waals surface area contributed by atoms with Gasteiger partial charge in [-0.1, -0.05) is 67.2 Å². The van der Waals surface area contributed by atoms with Crippen LogP contribution in [0.3, 0.4) is 0 Å². The molecule has 0 heterocycles. The topological polar surface area (TPSA) is 58.2 Å². The number of hydrogen-bond acceptors (Lipinski definition) is 2. The molecule has 4 nitrogen and oxygen atoms in total. The van der Waals surface area contributed by atoms with Crippen molar-refractivity contribution in [2.75, 3.05) is 0 Å². The molecule has 0 spiro atoms. The second kappa shape index (κ2) is 7.08. The van der Waals surface area contributed by atoms with Crippen LogP contribution in [-0.2, 0) is 11.2 Å². The lowest BCUT2D eigenvalue weighted by Gasteiger charge is -2.23. The third-order valence-corrected chi connectivity index (χ3v) is 5.07. The molecule has 2 amide bonds. The SMILES string of the molecule is C=CC(=O)N[C@@H]1c2ccccc2C[C@H]1NC(=O)c1cccc2ccccc12. The third-order valence-electron chi connectivity index (χ3n) is 5.07. The Kier molecular flexibility index (Phi) is 4.47. The summed E-state index contributed by atoms with van der Waals surface area (Å²) < 4.78 is 0. The zero-order chi connectivity index (χ0) is 18.8. The average Bonchev–Trinajstić information content (AvgIpc) is 3.04. The van der Waals surface area contributed by atoms with E-state index in [0.717, 1.165) is 21.9 Å². The van der Waals surface area contributed by atoms with Crippen molar-refractivity contribution in [2.45, 2.75) is 18.5 Å². The molecule has 0 saturated heterocycles. The number of carbonyl (C=O) groups is 2. The number of carbonyl (C=O) groups excluding carboxylic acids is 2. The summed E-state index contributed by atoms with van der Waals surface area (Å²) in [7, 11) is 0. The number of nitrogens with one attached hydrogen (secondary N) is 2. The van der Waals surface area contributed by atoms with Crippen LogP contribution in [0.2, 0.25) is 0 Å². The zero-order valence-corrected chi connectivity index (χ0v) is 14.8. The monoisotopic (exact) mass is 356 g/mol. The molecule has 1 aliphatic rings. The maximum Gasteiger partial charge on any atom is 0.252 e. The van der Waals surface area contributed by atoms with Gasteiger partial charge in [0, 0.05) is 5.56 Å². The normalized spacial score (nSPS) is 17.9. The largest absolute Gasteiger partial charge is 0.347 e. The molecule has 1 aliphatic carbocycles. The Morgan fingerprint density at radius 2 is 1.67 bits per heavy atom. The van der Waals surface area contributed by atoms with E-state index in [0.29, 0.717) is 12.0 Å². The van der Waals surface area contributed by atoms with Gasteiger partial charge in [-0.2, -0.15) is 0 Å². The molecule has 0 aliphatic heterocycles. The highest BCUT2D eigenvalue weighted by molar-refractivity contribution is 6.07.